The van der Waals surface area contributed by atoms with Crippen LogP contribution in [0.2, 0.25) is 0 Å². The molecule has 14 heavy (non-hydrogen) atoms. The maximum absolute atomic E-state index is 6.18. The summed E-state index contributed by atoms with van der Waals surface area (Å²) in [5.74, 6) is 0.798. The molecule has 1 saturated heterocycles. The standard InChI is InChI=1S/C11H20ClNO/c12-11(9-3-4-9)8-13-6-5-10-2-1-7-14-10/h9-11,13H,1-8H2. The number of alkyl halides is 1. The predicted molar refractivity (Wildman–Crippen MR) is 58.8 cm³/mol. The third kappa shape index (κ3) is 3.41. The molecule has 82 valence electrons. The van der Waals surface area contributed by atoms with Gasteiger partial charge < -0.3 is 10.1 Å². The molecule has 0 spiro atoms. The molecule has 1 saturated carbocycles. The first-order chi connectivity index (χ1) is 6.86. The van der Waals surface area contributed by atoms with Crippen molar-refractivity contribution in [3.63, 3.8) is 0 Å². The van der Waals surface area contributed by atoms with Crippen LogP contribution in [0.4, 0.5) is 0 Å². The van der Waals surface area contributed by atoms with Gasteiger partial charge in [-0.25, -0.2) is 0 Å². The summed E-state index contributed by atoms with van der Waals surface area (Å²) in [6.45, 7) is 2.99. The Kier molecular flexibility index (Phi) is 4.09. The minimum Gasteiger partial charge on any atom is -0.378 e. The largest absolute Gasteiger partial charge is 0.378 e. The van der Waals surface area contributed by atoms with E-state index in [2.05, 4.69) is 5.32 Å². The summed E-state index contributed by atoms with van der Waals surface area (Å²) in [5, 5.41) is 3.78. The van der Waals surface area contributed by atoms with E-state index in [1.165, 1.54) is 25.7 Å². The van der Waals surface area contributed by atoms with Gasteiger partial charge in [-0.15, -0.1) is 11.6 Å². The van der Waals surface area contributed by atoms with Crippen molar-refractivity contribution in [3.05, 3.63) is 0 Å². The van der Waals surface area contributed by atoms with Crippen molar-refractivity contribution in [2.45, 2.75) is 43.6 Å². The highest BCUT2D eigenvalue weighted by Crippen LogP contribution is 2.35. The minimum absolute atomic E-state index is 0.361. The number of hydrogen-bond donors (Lipinski definition) is 1. The molecular formula is C11H20ClNO. The van der Waals surface area contributed by atoms with E-state index in [0.717, 1.165) is 32.0 Å². The highest BCUT2D eigenvalue weighted by molar-refractivity contribution is 6.21. The van der Waals surface area contributed by atoms with Gasteiger partial charge in [0.25, 0.3) is 0 Å². The molecule has 1 heterocycles. The van der Waals surface area contributed by atoms with E-state index in [1.54, 1.807) is 0 Å². The summed E-state index contributed by atoms with van der Waals surface area (Å²) in [4.78, 5) is 0. The summed E-state index contributed by atoms with van der Waals surface area (Å²) in [6, 6.07) is 0. The van der Waals surface area contributed by atoms with E-state index in [0.29, 0.717) is 11.5 Å². The Morgan fingerprint density at radius 3 is 2.86 bits per heavy atom. The second-order valence-corrected chi connectivity index (χ2v) is 5.04. The van der Waals surface area contributed by atoms with Crippen LogP contribution in [0.25, 0.3) is 0 Å². The highest BCUT2D eigenvalue weighted by Gasteiger charge is 2.29. The highest BCUT2D eigenvalue weighted by atomic mass is 35.5. The first kappa shape index (κ1) is 10.7. The molecule has 2 fully saturated rings. The van der Waals surface area contributed by atoms with Crippen LogP contribution >= 0.6 is 11.6 Å². The first-order valence-electron chi connectivity index (χ1n) is 5.82. The molecular weight excluding hydrogens is 198 g/mol. The van der Waals surface area contributed by atoms with Crippen molar-refractivity contribution in [2.24, 2.45) is 5.92 Å². The third-order valence-corrected chi connectivity index (χ3v) is 3.65. The van der Waals surface area contributed by atoms with Crippen LogP contribution in [0.5, 0.6) is 0 Å². The van der Waals surface area contributed by atoms with E-state index in [1.807, 2.05) is 0 Å². The van der Waals surface area contributed by atoms with Gasteiger partial charge in [0.15, 0.2) is 0 Å². The van der Waals surface area contributed by atoms with Gasteiger partial charge in [0, 0.05) is 18.5 Å². The fraction of sp³-hybridized carbons (Fsp3) is 1.00. The van der Waals surface area contributed by atoms with Crippen LogP contribution in [0.1, 0.15) is 32.1 Å². The van der Waals surface area contributed by atoms with E-state index >= 15 is 0 Å². The van der Waals surface area contributed by atoms with Gasteiger partial charge in [0.05, 0.1) is 6.10 Å². The molecule has 2 rings (SSSR count). The van der Waals surface area contributed by atoms with Crippen molar-refractivity contribution in [3.8, 4) is 0 Å². The number of rotatable bonds is 6. The fourth-order valence-corrected chi connectivity index (χ4v) is 2.36. The Bertz CT molecular complexity index is 163. The average Bonchev–Trinajstić information content (AvgIpc) is 2.92. The van der Waals surface area contributed by atoms with E-state index in [9.17, 15) is 0 Å². The number of ether oxygens (including phenoxy) is 1. The van der Waals surface area contributed by atoms with Crippen LogP contribution in [0.3, 0.4) is 0 Å². The summed E-state index contributed by atoms with van der Waals surface area (Å²) in [6.07, 6.45) is 6.81. The van der Waals surface area contributed by atoms with E-state index < -0.39 is 0 Å². The molecule has 2 unspecified atom stereocenters. The van der Waals surface area contributed by atoms with Crippen LogP contribution in [-0.4, -0.2) is 31.2 Å². The van der Waals surface area contributed by atoms with Crippen LogP contribution < -0.4 is 5.32 Å². The molecule has 0 amide bonds. The van der Waals surface area contributed by atoms with Crippen LogP contribution in [-0.2, 0) is 4.74 Å². The molecule has 2 nitrogen and oxygen atoms in total. The molecule has 1 aliphatic heterocycles. The van der Waals surface area contributed by atoms with Crippen molar-refractivity contribution in [1.82, 2.24) is 5.32 Å². The Morgan fingerprint density at radius 1 is 1.36 bits per heavy atom. The fourth-order valence-electron chi connectivity index (χ4n) is 2.00. The average molecular weight is 218 g/mol. The molecule has 0 aromatic heterocycles. The Morgan fingerprint density at radius 2 is 2.21 bits per heavy atom. The lowest BCUT2D eigenvalue weighted by Gasteiger charge is -2.12. The minimum atomic E-state index is 0.361. The third-order valence-electron chi connectivity index (χ3n) is 3.14. The molecule has 3 heteroatoms. The lowest BCUT2D eigenvalue weighted by molar-refractivity contribution is 0.104. The monoisotopic (exact) mass is 217 g/mol. The first-order valence-corrected chi connectivity index (χ1v) is 6.26. The Labute approximate surface area is 91.3 Å². The second kappa shape index (κ2) is 5.34. The second-order valence-electron chi connectivity index (χ2n) is 4.48. The quantitative estimate of drug-likeness (QED) is 0.544. The summed E-state index contributed by atoms with van der Waals surface area (Å²) < 4.78 is 5.55. The van der Waals surface area contributed by atoms with Crippen molar-refractivity contribution >= 4 is 11.6 Å². The number of nitrogens with one attached hydrogen (secondary N) is 1. The van der Waals surface area contributed by atoms with Crippen molar-refractivity contribution in [1.29, 1.82) is 0 Å². The van der Waals surface area contributed by atoms with Gasteiger partial charge >= 0.3 is 0 Å². The zero-order chi connectivity index (χ0) is 9.80. The molecule has 1 aliphatic carbocycles. The maximum Gasteiger partial charge on any atom is 0.0588 e. The molecule has 0 bridgehead atoms. The molecule has 0 aromatic rings. The van der Waals surface area contributed by atoms with Crippen molar-refractivity contribution in [2.75, 3.05) is 19.7 Å². The van der Waals surface area contributed by atoms with Gasteiger partial charge in [0.1, 0.15) is 0 Å². The van der Waals surface area contributed by atoms with Gasteiger partial charge in [0.2, 0.25) is 0 Å². The predicted octanol–water partition coefficient (Wildman–Crippen LogP) is 2.16. The Hall–Kier alpha value is 0.210. The van der Waals surface area contributed by atoms with E-state index in [-0.39, 0.29) is 0 Å². The summed E-state index contributed by atoms with van der Waals surface area (Å²) in [5.41, 5.74) is 0. The topological polar surface area (TPSA) is 21.3 Å². The summed E-state index contributed by atoms with van der Waals surface area (Å²) >= 11 is 6.18. The van der Waals surface area contributed by atoms with E-state index in [4.69, 9.17) is 16.3 Å². The number of halogens is 1. The zero-order valence-electron chi connectivity index (χ0n) is 8.68. The smallest absolute Gasteiger partial charge is 0.0588 e. The molecule has 1 N–H and O–H groups in total. The normalized spacial score (nSPS) is 29.4. The van der Waals surface area contributed by atoms with Gasteiger partial charge in [-0.1, -0.05) is 0 Å². The zero-order valence-corrected chi connectivity index (χ0v) is 9.43. The molecule has 0 aromatic carbocycles. The summed E-state index contributed by atoms with van der Waals surface area (Å²) in [7, 11) is 0. The lowest BCUT2D eigenvalue weighted by Crippen LogP contribution is -2.27. The molecule has 2 aliphatic rings. The lowest BCUT2D eigenvalue weighted by atomic mass is 10.2. The van der Waals surface area contributed by atoms with Crippen molar-refractivity contribution < 1.29 is 4.74 Å². The SMILES string of the molecule is ClC(CNCCC1CCCO1)C1CC1. The van der Waals surface area contributed by atoms with Crippen LogP contribution in [0.15, 0.2) is 0 Å². The Balaban J connectivity index is 1.46. The molecule has 2 atom stereocenters. The number of hydrogen-bond acceptors (Lipinski definition) is 2. The molecule has 0 radical (unpaired) electrons. The maximum atomic E-state index is 6.18. The van der Waals surface area contributed by atoms with Crippen LogP contribution in [0, 0.1) is 5.92 Å². The van der Waals surface area contributed by atoms with Gasteiger partial charge in [-0.3, -0.25) is 0 Å². The van der Waals surface area contributed by atoms with Gasteiger partial charge in [-0.2, -0.15) is 0 Å². The van der Waals surface area contributed by atoms with Gasteiger partial charge in [-0.05, 0) is 44.6 Å².